The molecule has 0 aliphatic rings. The Morgan fingerprint density at radius 3 is 2.22 bits per heavy atom. The van der Waals surface area contributed by atoms with Gasteiger partial charge < -0.3 is 19.3 Å². The van der Waals surface area contributed by atoms with Crippen LogP contribution < -0.4 is 0 Å². The number of hydrogen-bond acceptors (Lipinski definition) is 4. The van der Waals surface area contributed by atoms with E-state index in [1.165, 1.54) is 0 Å². The molecule has 0 bridgehead atoms. The normalized spacial score (nSPS) is 11.8. The molecule has 1 atom stereocenters. The van der Waals surface area contributed by atoms with E-state index in [2.05, 4.69) is 4.98 Å². The number of imidazole rings is 1. The smallest absolute Gasteiger partial charge is 0.359 e. The van der Waals surface area contributed by atoms with Crippen LogP contribution in [0.2, 0.25) is 0 Å². The predicted octanol–water partition coefficient (Wildman–Crippen LogP) is 5.50. The highest BCUT2D eigenvalue weighted by Crippen LogP contribution is 2.29. The van der Waals surface area contributed by atoms with Crippen LogP contribution in [-0.2, 0) is 24.1 Å². The van der Waals surface area contributed by atoms with Gasteiger partial charge in [0, 0.05) is 24.1 Å². The van der Waals surface area contributed by atoms with Crippen molar-refractivity contribution in [3.05, 3.63) is 102 Å². The van der Waals surface area contributed by atoms with Gasteiger partial charge in [-0.25, -0.2) is 9.59 Å². The Morgan fingerprint density at radius 1 is 0.944 bits per heavy atom. The molecule has 0 spiro atoms. The molecule has 0 fully saturated rings. The highest BCUT2D eigenvalue weighted by atomic mass is 32.2. The van der Waals surface area contributed by atoms with Gasteiger partial charge in [-0.3, -0.25) is 0 Å². The Bertz CT molecular complexity index is 1370. The Morgan fingerprint density at radius 2 is 1.61 bits per heavy atom. The minimum absolute atomic E-state index is 0.000771. The number of carboxylic acids is 2. The monoisotopic (exact) mass is 502 g/mol. The standard InChI is InChI=1S/C28H26N2O5S/c1-2-3-14-24-29-26(36(35)21-12-8-5-9-13-21)25(28(33)34)30(24)18-19-15-16-22(23(17-19)27(31)32)20-10-6-4-7-11-20/h4-13,15-17H,2-3,14,18H2,1H3,(H,31,32)(H,33,34). The molecule has 7 nitrogen and oxygen atoms in total. The summed E-state index contributed by atoms with van der Waals surface area (Å²) in [6.45, 7) is 2.12. The van der Waals surface area contributed by atoms with E-state index in [9.17, 15) is 24.4 Å². The number of unbranched alkanes of at least 4 members (excludes halogenated alkanes) is 1. The van der Waals surface area contributed by atoms with Crippen molar-refractivity contribution in [1.82, 2.24) is 9.55 Å². The van der Waals surface area contributed by atoms with Gasteiger partial charge in [0.25, 0.3) is 5.03 Å². The topological polar surface area (TPSA) is 115 Å². The second-order valence-electron chi connectivity index (χ2n) is 8.31. The van der Waals surface area contributed by atoms with Crippen molar-refractivity contribution in [3.8, 4) is 11.1 Å². The molecule has 1 heterocycles. The lowest BCUT2D eigenvalue weighted by molar-refractivity contribution is 0.0674. The Labute approximate surface area is 212 Å². The summed E-state index contributed by atoms with van der Waals surface area (Å²) in [6, 6.07) is 22.9. The molecule has 0 radical (unpaired) electrons. The first-order valence-corrected chi connectivity index (χ1v) is 12.8. The number of carboxylic acid groups (broad SMARTS) is 2. The lowest BCUT2D eigenvalue weighted by atomic mass is 9.97. The molecule has 0 saturated carbocycles. The van der Waals surface area contributed by atoms with E-state index in [4.69, 9.17) is 0 Å². The van der Waals surface area contributed by atoms with Crippen molar-refractivity contribution in [2.45, 2.75) is 42.7 Å². The second-order valence-corrected chi connectivity index (χ2v) is 9.71. The molecule has 1 unspecified atom stereocenters. The molecule has 2 N–H and O–H groups in total. The molecule has 36 heavy (non-hydrogen) atoms. The van der Waals surface area contributed by atoms with E-state index in [-0.39, 0.29) is 22.8 Å². The highest BCUT2D eigenvalue weighted by Gasteiger charge is 2.32. The van der Waals surface area contributed by atoms with Crippen LogP contribution in [0, 0.1) is 0 Å². The largest absolute Gasteiger partial charge is 0.605 e. The van der Waals surface area contributed by atoms with E-state index in [0.29, 0.717) is 28.3 Å². The molecule has 8 heteroatoms. The van der Waals surface area contributed by atoms with Crippen LogP contribution in [0.1, 0.15) is 52.0 Å². The summed E-state index contributed by atoms with van der Waals surface area (Å²) < 4.78 is 14.9. The molecular formula is C28H26N2O5S. The van der Waals surface area contributed by atoms with E-state index in [0.717, 1.165) is 18.4 Å². The number of rotatable bonds is 10. The van der Waals surface area contributed by atoms with E-state index in [1.54, 1.807) is 53.1 Å². The third-order valence-electron chi connectivity index (χ3n) is 5.84. The molecule has 0 aliphatic carbocycles. The summed E-state index contributed by atoms with van der Waals surface area (Å²) in [4.78, 5) is 29.5. The number of aromatic carboxylic acids is 2. The zero-order chi connectivity index (χ0) is 25.7. The van der Waals surface area contributed by atoms with Gasteiger partial charge in [-0.15, -0.1) is 0 Å². The summed E-state index contributed by atoms with van der Waals surface area (Å²) >= 11 is -1.78. The van der Waals surface area contributed by atoms with Gasteiger partial charge in [-0.05, 0) is 41.3 Å². The van der Waals surface area contributed by atoms with Crippen molar-refractivity contribution in [2.24, 2.45) is 0 Å². The molecule has 3 aromatic carbocycles. The molecule has 1 aromatic heterocycles. The first-order valence-electron chi connectivity index (χ1n) is 11.6. The maximum Gasteiger partial charge on any atom is 0.359 e. The third kappa shape index (κ3) is 5.35. The summed E-state index contributed by atoms with van der Waals surface area (Å²) in [6.07, 6.45) is 2.17. The molecule has 4 rings (SSSR count). The average molecular weight is 503 g/mol. The fourth-order valence-electron chi connectivity index (χ4n) is 4.08. The van der Waals surface area contributed by atoms with Crippen molar-refractivity contribution >= 4 is 23.1 Å². The average Bonchev–Trinajstić information content (AvgIpc) is 3.26. The van der Waals surface area contributed by atoms with Gasteiger partial charge in [-0.1, -0.05) is 74.0 Å². The minimum Gasteiger partial charge on any atom is -0.605 e. The Balaban J connectivity index is 1.80. The summed E-state index contributed by atoms with van der Waals surface area (Å²) in [5.41, 5.74) is 1.94. The molecule has 4 aromatic rings. The van der Waals surface area contributed by atoms with Crippen LogP contribution in [-0.4, -0.2) is 36.3 Å². The van der Waals surface area contributed by atoms with Gasteiger partial charge in [0.2, 0.25) is 5.69 Å². The van der Waals surface area contributed by atoms with Crippen LogP contribution in [0.25, 0.3) is 11.1 Å². The molecular weight excluding hydrogens is 476 g/mol. The maximum absolute atomic E-state index is 13.3. The van der Waals surface area contributed by atoms with E-state index >= 15 is 0 Å². The third-order valence-corrected chi connectivity index (χ3v) is 7.18. The summed E-state index contributed by atoms with van der Waals surface area (Å²) in [5, 5.41) is 20.0. The number of carbonyl (C=O) groups is 2. The van der Waals surface area contributed by atoms with Gasteiger partial charge in [-0.2, -0.15) is 4.98 Å². The van der Waals surface area contributed by atoms with Crippen LogP contribution in [0.3, 0.4) is 0 Å². The van der Waals surface area contributed by atoms with Crippen molar-refractivity contribution in [2.75, 3.05) is 0 Å². The van der Waals surface area contributed by atoms with Gasteiger partial charge in [0.15, 0.2) is 4.90 Å². The van der Waals surface area contributed by atoms with Crippen LogP contribution >= 0.6 is 0 Å². The van der Waals surface area contributed by atoms with Gasteiger partial charge in [0.05, 0.1) is 5.56 Å². The lowest BCUT2D eigenvalue weighted by Gasteiger charge is -2.13. The number of benzene rings is 3. The van der Waals surface area contributed by atoms with Gasteiger partial charge >= 0.3 is 11.9 Å². The predicted molar refractivity (Wildman–Crippen MR) is 137 cm³/mol. The van der Waals surface area contributed by atoms with Gasteiger partial charge in [0.1, 0.15) is 5.82 Å². The highest BCUT2D eigenvalue weighted by molar-refractivity contribution is 7.91. The van der Waals surface area contributed by atoms with E-state index < -0.39 is 23.1 Å². The van der Waals surface area contributed by atoms with Crippen LogP contribution in [0.4, 0.5) is 0 Å². The summed E-state index contributed by atoms with van der Waals surface area (Å²) in [7, 11) is 0. The quantitative estimate of drug-likeness (QED) is 0.277. The minimum atomic E-state index is -1.78. The fraction of sp³-hybridized carbons (Fsp3) is 0.179. The fourth-order valence-corrected chi connectivity index (χ4v) is 5.27. The Hall–Kier alpha value is -3.88. The Kier molecular flexibility index (Phi) is 7.87. The first-order chi connectivity index (χ1) is 17.4. The number of aryl methyl sites for hydroxylation is 1. The first kappa shape index (κ1) is 25.2. The molecule has 0 amide bonds. The summed E-state index contributed by atoms with van der Waals surface area (Å²) in [5.74, 6) is -1.79. The van der Waals surface area contributed by atoms with Crippen molar-refractivity contribution in [1.29, 1.82) is 0 Å². The number of nitrogens with zero attached hydrogens (tertiary/aromatic N) is 2. The molecule has 184 valence electrons. The maximum atomic E-state index is 13.3. The lowest BCUT2D eigenvalue weighted by Crippen LogP contribution is -2.16. The van der Waals surface area contributed by atoms with E-state index in [1.807, 2.05) is 37.3 Å². The zero-order valence-corrected chi connectivity index (χ0v) is 20.6. The second kappa shape index (κ2) is 11.2. The molecule has 0 saturated heterocycles. The zero-order valence-electron chi connectivity index (χ0n) is 19.8. The van der Waals surface area contributed by atoms with Crippen LogP contribution in [0.15, 0.2) is 88.8 Å². The SMILES string of the molecule is CCCCc1nc([S+]([O-])c2ccccc2)c(C(=O)O)n1Cc1ccc(-c2ccccc2)c(C(=O)O)c1. The number of aromatic nitrogens is 2. The van der Waals surface area contributed by atoms with Crippen molar-refractivity contribution in [3.63, 3.8) is 0 Å². The molecule has 0 aliphatic heterocycles. The van der Waals surface area contributed by atoms with Crippen LogP contribution in [0.5, 0.6) is 0 Å². The number of hydrogen-bond donors (Lipinski definition) is 2. The van der Waals surface area contributed by atoms with Crippen molar-refractivity contribution < 1.29 is 24.4 Å².